The summed E-state index contributed by atoms with van der Waals surface area (Å²) in [5.74, 6) is 4.35. The highest BCUT2D eigenvalue weighted by atomic mass is 16.5. The highest BCUT2D eigenvalue weighted by Crippen LogP contribution is 2.66. The summed E-state index contributed by atoms with van der Waals surface area (Å²) in [5.41, 5.74) is 27.3. The molecule has 0 bridgehead atoms. The minimum atomic E-state index is -0.850. The van der Waals surface area contributed by atoms with Gasteiger partial charge in [0.05, 0.1) is 56.9 Å². The quantitative estimate of drug-likeness (QED) is 0.140. The zero-order chi connectivity index (χ0) is 71.6. The lowest BCUT2D eigenvalue weighted by molar-refractivity contribution is 0.436. The second-order valence-corrected chi connectivity index (χ2v) is 28.1. The molecule has 0 fully saturated rings. The van der Waals surface area contributed by atoms with Gasteiger partial charge in [-0.25, -0.2) is 19.9 Å². The van der Waals surface area contributed by atoms with Crippen molar-refractivity contribution < 1.29 is 9.47 Å². The molecule has 0 N–H and O–H groups in total. The first-order valence-electron chi connectivity index (χ1n) is 36.2. The second kappa shape index (κ2) is 24.5. The molecule has 0 radical (unpaired) electrons. The number of ether oxygens (including phenoxy) is 2. The summed E-state index contributed by atoms with van der Waals surface area (Å²) < 4.78 is 14.1. The SMILES string of the molecule is N#Cc1cccc(-c2ccc3c(c2)-c2cc(-c4cc(-c5cccc6ccccc56)nc(-c5ccc(-c6cccc7c6Oc6ccccc6C76c7ccc(-c8cccc(C#N)c8)cc7-c7cc(-c8nc(-c9ccccc9)cc(-c9ccccc9)n8)ccc76)cc5)n4)ccc2C32c3ccccc3Oc3ccccc32)c1. The number of nitrogens with zero attached hydrogens (tertiary/aromatic N) is 6. The lowest BCUT2D eigenvalue weighted by Gasteiger charge is -2.40. The molecule has 1 unspecified atom stereocenters. The molecular formula is C100H58N6O2. The monoisotopic (exact) mass is 1370 g/mol. The molecule has 2 aromatic heterocycles. The van der Waals surface area contributed by atoms with E-state index in [2.05, 4.69) is 279 Å². The highest BCUT2D eigenvalue weighted by Gasteiger charge is 2.53. The van der Waals surface area contributed by atoms with Crippen molar-refractivity contribution in [2.75, 3.05) is 0 Å². The van der Waals surface area contributed by atoms with Gasteiger partial charge in [-0.1, -0.05) is 273 Å². The molecule has 108 heavy (non-hydrogen) atoms. The molecule has 2 aliphatic carbocycles. The molecule has 15 aromatic carbocycles. The van der Waals surface area contributed by atoms with Crippen molar-refractivity contribution in [1.82, 2.24) is 19.9 Å². The number of para-hydroxylation sites is 4. The molecule has 8 heteroatoms. The van der Waals surface area contributed by atoms with E-state index in [0.29, 0.717) is 22.8 Å². The van der Waals surface area contributed by atoms with Crippen LogP contribution in [0.2, 0.25) is 0 Å². The van der Waals surface area contributed by atoms with Gasteiger partial charge in [0.25, 0.3) is 0 Å². The van der Waals surface area contributed by atoms with E-state index in [0.717, 1.165) is 190 Å². The van der Waals surface area contributed by atoms with Crippen molar-refractivity contribution in [1.29, 1.82) is 10.5 Å². The summed E-state index contributed by atoms with van der Waals surface area (Å²) in [7, 11) is 0. The van der Waals surface area contributed by atoms with Crippen LogP contribution in [0.3, 0.4) is 0 Å². The van der Waals surface area contributed by atoms with E-state index in [1.165, 1.54) is 0 Å². The summed E-state index contributed by atoms with van der Waals surface area (Å²) in [4.78, 5) is 21.8. The number of aromatic nitrogens is 4. The maximum Gasteiger partial charge on any atom is 0.160 e. The Kier molecular flexibility index (Phi) is 14.0. The van der Waals surface area contributed by atoms with Gasteiger partial charge >= 0.3 is 0 Å². The Labute approximate surface area is 623 Å². The van der Waals surface area contributed by atoms with Crippen molar-refractivity contribution in [2.24, 2.45) is 0 Å². The largest absolute Gasteiger partial charge is 0.457 e. The number of nitriles is 2. The van der Waals surface area contributed by atoms with E-state index in [1.54, 1.807) is 0 Å². The first kappa shape index (κ1) is 61.9. The van der Waals surface area contributed by atoms with Gasteiger partial charge < -0.3 is 9.47 Å². The molecule has 8 nitrogen and oxygen atoms in total. The second-order valence-electron chi connectivity index (χ2n) is 28.1. The van der Waals surface area contributed by atoms with Crippen LogP contribution in [0.15, 0.2) is 352 Å². The lowest BCUT2D eigenvalue weighted by atomic mass is 9.65. The van der Waals surface area contributed by atoms with Crippen LogP contribution in [0, 0.1) is 22.7 Å². The van der Waals surface area contributed by atoms with Crippen LogP contribution in [0.1, 0.15) is 55.6 Å². The number of benzene rings is 15. The van der Waals surface area contributed by atoms with Crippen molar-refractivity contribution in [3.05, 3.63) is 407 Å². The molecule has 500 valence electrons. The van der Waals surface area contributed by atoms with Crippen LogP contribution in [-0.2, 0) is 10.8 Å². The number of hydrogen-bond acceptors (Lipinski definition) is 8. The summed E-state index contributed by atoms with van der Waals surface area (Å²) in [6.45, 7) is 0. The molecule has 1 atom stereocenters. The van der Waals surface area contributed by atoms with Crippen LogP contribution in [0.25, 0.3) is 134 Å². The van der Waals surface area contributed by atoms with Gasteiger partial charge in [-0.15, -0.1) is 0 Å². The van der Waals surface area contributed by atoms with E-state index >= 15 is 0 Å². The van der Waals surface area contributed by atoms with Crippen molar-refractivity contribution >= 4 is 10.8 Å². The maximum absolute atomic E-state index is 10.1. The van der Waals surface area contributed by atoms with Crippen LogP contribution >= 0.6 is 0 Å². The Hall–Kier alpha value is -14.7. The van der Waals surface area contributed by atoms with Gasteiger partial charge in [0.15, 0.2) is 11.6 Å². The van der Waals surface area contributed by atoms with E-state index in [-0.39, 0.29) is 0 Å². The average molecular weight is 1380 g/mol. The van der Waals surface area contributed by atoms with Gasteiger partial charge in [0.2, 0.25) is 0 Å². The molecule has 2 spiro atoms. The van der Waals surface area contributed by atoms with Crippen molar-refractivity contribution in [3.8, 4) is 159 Å². The van der Waals surface area contributed by atoms with Gasteiger partial charge in [-0.2, -0.15) is 10.5 Å². The Morgan fingerprint density at radius 1 is 0.231 bits per heavy atom. The van der Waals surface area contributed by atoms with E-state index in [4.69, 9.17) is 29.4 Å². The van der Waals surface area contributed by atoms with E-state index in [9.17, 15) is 10.5 Å². The molecule has 2 aliphatic heterocycles. The van der Waals surface area contributed by atoms with E-state index in [1.807, 2.05) is 84.9 Å². The third-order valence-electron chi connectivity index (χ3n) is 22.3. The third kappa shape index (κ3) is 9.54. The molecule has 4 aliphatic rings. The van der Waals surface area contributed by atoms with Crippen molar-refractivity contribution in [2.45, 2.75) is 10.8 Å². The number of hydrogen-bond donors (Lipinski definition) is 0. The van der Waals surface area contributed by atoms with Crippen molar-refractivity contribution in [3.63, 3.8) is 0 Å². The van der Waals surface area contributed by atoms with E-state index < -0.39 is 10.8 Å². The first-order valence-corrected chi connectivity index (χ1v) is 36.2. The number of fused-ring (bicyclic) bond motifs is 19. The molecule has 0 amide bonds. The van der Waals surface area contributed by atoms with Crippen LogP contribution in [0.5, 0.6) is 23.0 Å². The summed E-state index contributed by atoms with van der Waals surface area (Å²) >= 11 is 0. The predicted molar refractivity (Wildman–Crippen MR) is 428 cm³/mol. The Balaban J connectivity index is 0.721. The summed E-state index contributed by atoms with van der Waals surface area (Å²) in [5, 5.41) is 22.4. The number of rotatable bonds is 9. The summed E-state index contributed by atoms with van der Waals surface area (Å²) in [6.07, 6.45) is 0. The fraction of sp³-hybridized carbons (Fsp3) is 0.0200. The summed E-state index contributed by atoms with van der Waals surface area (Å²) in [6, 6.07) is 128. The maximum atomic E-state index is 10.1. The fourth-order valence-corrected chi connectivity index (χ4v) is 17.5. The Morgan fingerprint density at radius 3 is 1.18 bits per heavy atom. The van der Waals surface area contributed by atoms with Crippen LogP contribution in [-0.4, -0.2) is 19.9 Å². The smallest absolute Gasteiger partial charge is 0.160 e. The molecular weight excluding hydrogens is 1320 g/mol. The third-order valence-corrected chi connectivity index (χ3v) is 22.3. The topological polar surface area (TPSA) is 118 Å². The average Bonchev–Trinajstić information content (AvgIpc) is 1.61. The predicted octanol–water partition coefficient (Wildman–Crippen LogP) is 24.1. The van der Waals surface area contributed by atoms with Gasteiger partial charge in [-0.05, 0) is 162 Å². The lowest BCUT2D eigenvalue weighted by Crippen LogP contribution is -2.32. The Morgan fingerprint density at radius 2 is 0.602 bits per heavy atom. The molecule has 17 aromatic rings. The molecule has 0 saturated heterocycles. The molecule has 4 heterocycles. The zero-order valence-electron chi connectivity index (χ0n) is 58.0. The first-order chi connectivity index (χ1) is 53.4. The molecule has 21 rings (SSSR count). The fourth-order valence-electron chi connectivity index (χ4n) is 17.5. The van der Waals surface area contributed by atoms with Gasteiger partial charge in [-0.3, -0.25) is 0 Å². The van der Waals surface area contributed by atoms with Crippen LogP contribution < -0.4 is 9.47 Å². The van der Waals surface area contributed by atoms with Gasteiger partial charge in [0, 0.05) is 61.2 Å². The van der Waals surface area contributed by atoms with Gasteiger partial charge in [0.1, 0.15) is 23.0 Å². The van der Waals surface area contributed by atoms with Crippen LogP contribution in [0.4, 0.5) is 0 Å². The standard InChI is InChI=1S/C100H58N6O2/c101-59-61-19-15-27-68(51-61)70-43-47-81-77(53-70)79-55-72(45-49-82(79)99(81)85-32-9-12-36-93(85)107-94-37-13-10-33-86(94)99)91-58-92(76-31-17-26-63-21-7-8-29-74(63)76)106-97(105-91)67-41-39-64(40-42-67)75-30-18-35-88-96(75)108-95-38-14-11-34-87(95)100(88)83-48-44-71(69-28-16-20-62(52-69)60-102)54-78(83)80-56-73(46-50-84(80)100)98-103-89(65-22-3-1-4-23-65)57-90(104-98)66-24-5-2-6-25-66/h1-58H. The minimum absolute atomic E-state index is 0.580. The normalized spacial score (nSPS) is 14.0. The Bertz CT molecular complexity index is 6620. The highest BCUT2D eigenvalue weighted by molar-refractivity contribution is 5.99. The molecule has 0 saturated carbocycles. The zero-order valence-corrected chi connectivity index (χ0v) is 58.0. The minimum Gasteiger partial charge on any atom is -0.457 e.